The van der Waals surface area contributed by atoms with E-state index in [4.69, 9.17) is 5.11 Å². The normalized spacial score (nSPS) is 11.5. The SMILES string of the molecule is O=C(O)Cc1cn(CCS(=O)(=O)c2ccc(Br)cc2)nn1. The monoisotopic (exact) mass is 373 g/mol. The highest BCUT2D eigenvalue weighted by atomic mass is 79.9. The molecule has 9 heteroatoms. The van der Waals surface area contributed by atoms with Crippen LogP contribution in [0.3, 0.4) is 0 Å². The smallest absolute Gasteiger partial charge is 0.309 e. The summed E-state index contributed by atoms with van der Waals surface area (Å²) in [5, 5.41) is 16.0. The quantitative estimate of drug-likeness (QED) is 0.814. The Bertz CT molecular complexity index is 740. The molecule has 1 heterocycles. The van der Waals surface area contributed by atoms with Gasteiger partial charge in [-0.05, 0) is 24.3 Å². The molecule has 1 aromatic carbocycles. The molecule has 0 bridgehead atoms. The Morgan fingerprint density at radius 3 is 2.57 bits per heavy atom. The number of carboxylic acids is 1. The van der Waals surface area contributed by atoms with E-state index in [0.717, 1.165) is 4.47 Å². The predicted molar refractivity (Wildman–Crippen MR) is 77.6 cm³/mol. The van der Waals surface area contributed by atoms with Gasteiger partial charge in [0.25, 0.3) is 0 Å². The van der Waals surface area contributed by atoms with Crippen molar-refractivity contribution in [1.82, 2.24) is 15.0 Å². The van der Waals surface area contributed by atoms with Gasteiger partial charge in [-0.1, -0.05) is 21.1 Å². The maximum absolute atomic E-state index is 12.1. The molecule has 0 spiro atoms. The van der Waals surface area contributed by atoms with E-state index in [1.807, 2.05) is 0 Å². The summed E-state index contributed by atoms with van der Waals surface area (Å²) >= 11 is 3.25. The van der Waals surface area contributed by atoms with Crippen molar-refractivity contribution in [2.75, 3.05) is 5.75 Å². The second-order valence-electron chi connectivity index (χ2n) is 4.32. The fourth-order valence-electron chi connectivity index (χ4n) is 1.66. The summed E-state index contributed by atoms with van der Waals surface area (Å²) in [5.41, 5.74) is 0.295. The fraction of sp³-hybridized carbons (Fsp3) is 0.250. The lowest BCUT2D eigenvalue weighted by Crippen LogP contribution is -2.13. The zero-order valence-corrected chi connectivity index (χ0v) is 13.2. The van der Waals surface area contributed by atoms with E-state index in [1.165, 1.54) is 23.0 Å². The molecule has 0 aliphatic rings. The molecule has 7 nitrogen and oxygen atoms in total. The molecule has 21 heavy (non-hydrogen) atoms. The number of benzene rings is 1. The molecular weight excluding hydrogens is 362 g/mol. The Morgan fingerprint density at radius 2 is 1.95 bits per heavy atom. The predicted octanol–water partition coefficient (Wildman–Crippen LogP) is 1.14. The van der Waals surface area contributed by atoms with E-state index in [0.29, 0.717) is 5.69 Å². The van der Waals surface area contributed by atoms with Crippen LogP contribution < -0.4 is 0 Å². The molecule has 0 atom stereocenters. The number of nitrogens with zero attached hydrogens (tertiary/aromatic N) is 3. The number of carboxylic acid groups (broad SMARTS) is 1. The third-order valence-electron chi connectivity index (χ3n) is 2.68. The lowest BCUT2D eigenvalue weighted by atomic mass is 10.3. The zero-order chi connectivity index (χ0) is 15.5. The Morgan fingerprint density at radius 1 is 1.29 bits per heavy atom. The minimum atomic E-state index is -3.41. The molecular formula is C12H12BrN3O4S. The molecule has 1 aromatic heterocycles. The van der Waals surface area contributed by atoms with E-state index >= 15 is 0 Å². The largest absolute Gasteiger partial charge is 0.481 e. The van der Waals surface area contributed by atoms with Crippen LogP contribution in [-0.4, -0.2) is 40.2 Å². The first kappa shape index (κ1) is 15.6. The van der Waals surface area contributed by atoms with Crippen molar-refractivity contribution in [2.24, 2.45) is 0 Å². The first-order chi connectivity index (χ1) is 9.87. The summed E-state index contributed by atoms with van der Waals surface area (Å²) in [6.45, 7) is 0.116. The minimum absolute atomic E-state index is 0.116. The van der Waals surface area contributed by atoms with E-state index < -0.39 is 15.8 Å². The summed E-state index contributed by atoms with van der Waals surface area (Å²) in [6.07, 6.45) is 1.20. The van der Waals surface area contributed by atoms with Crippen molar-refractivity contribution in [1.29, 1.82) is 0 Å². The van der Waals surface area contributed by atoms with Gasteiger partial charge in [0.05, 0.1) is 29.3 Å². The Balaban J connectivity index is 2.03. The highest BCUT2D eigenvalue weighted by Crippen LogP contribution is 2.16. The number of aromatic nitrogens is 3. The minimum Gasteiger partial charge on any atom is -0.481 e. The third-order valence-corrected chi connectivity index (χ3v) is 4.92. The van der Waals surface area contributed by atoms with Gasteiger partial charge >= 0.3 is 5.97 Å². The number of halogens is 1. The Labute approximate surface area is 129 Å². The van der Waals surface area contributed by atoms with Crippen LogP contribution in [0.15, 0.2) is 39.8 Å². The van der Waals surface area contributed by atoms with Crippen LogP contribution in [0.2, 0.25) is 0 Å². The maximum atomic E-state index is 12.1. The molecule has 0 unspecified atom stereocenters. The van der Waals surface area contributed by atoms with E-state index in [1.54, 1.807) is 12.1 Å². The van der Waals surface area contributed by atoms with Gasteiger partial charge in [0.15, 0.2) is 9.84 Å². The van der Waals surface area contributed by atoms with Gasteiger partial charge in [-0.2, -0.15) is 0 Å². The second kappa shape index (κ2) is 6.35. The molecule has 1 N–H and O–H groups in total. The average Bonchev–Trinajstić information content (AvgIpc) is 2.84. The molecule has 0 aliphatic heterocycles. The van der Waals surface area contributed by atoms with Crippen LogP contribution in [0.25, 0.3) is 0 Å². The highest BCUT2D eigenvalue weighted by Gasteiger charge is 2.15. The number of sulfone groups is 1. The summed E-state index contributed by atoms with van der Waals surface area (Å²) in [4.78, 5) is 10.8. The van der Waals surface area contributed by atoms with Crippen LogP contribution >= 0.6 is 15.9 Å². The van der Waals surface area contributed by atoms with Crippen LogP contribution in [0, 0.1) is 0 Å². The molecule has 0 aliphatic carbocycles. The van der Waals surface area contributed by atoms with Crippen LogP contribution in [0.4, 0.5) is 0 Å². The molecule has 0 radical (unpaired) electrons. The van der Waals surface area contributed by atoms with Gasteiger partial charge in [-0.15, -0.1) is 5.10 Å². The Kier molecular flexibility index (Phi) is 4.73. The van der Waals surface area contributed by atoms with Gasteiger partial charge in [0.1, 0.15) is 0 Å². The number of carbonyl (C=O) groups is 1. The summed E-state index contributed by atoms with van der Waals surface area (Å²) < 4.78 is 26.4. The summed E-state index contributed by atoms with van der Waals surface area (Å²) in [6, 6.07) is 6.37. The lowest BCUT2D eigenvalue weighted by molar-refractivity contribution is -0.136. The van der Waals surface area contributed by atoms with Gasteiger partial charge in [0, 0.05) is 10.7 Å². The van der Waals surface area contributed by atoms with Gasteiger partial charge in [-0.25, -0.2) is 8.42 Å². The number of hydrogen-bond acceptors (Lipinski definition) is 5. The standard InChI is InChI=1S/C12H12BrN3O4S/c13-9-1-3-11(4-2-9)21(19,20)6-5-16-8-10(14-15-16)7-12(17)18/h1-4,8H,5-7H2,(H,17,18). The van der Waals surface area contributed by atoms with Crippen molar-refractivity contribution >= 4 is 31.7 Å². The first-order valence-electron chi connectivity index (χ1n) is 5.96. The topological polar surface area (TPSA) is 102 Å². The molecule has 0 amide bonds. The molecule has 0 saturated heterocycles. The van der Waals surface area contributed by atoms with Crippen LogP contribution in [0.1, 0.15) is 5.69 Å². The average molecular weight is 374 g/mol. The highest BCUT2D eigenvalue weighted by molar-refractivity contribution is 9.10. The van der Waals surface area contributed by atoms with Crippen molar-refractivity contribution in [3.05, 3.63) is 40.6 Å². The molecule has 2 rings (SSSR count). The van der Waals surface area contributed by atoms with Crippen molar-refractivity contribution in [3.63, 3.8) is 0 Å². The van der Waals surface area contributed by atoms with Crippen molar-refractivity contribution in [2.45, 2.75) is 17.9 Å². The third kappa shape index (κ3) is 4.36. The number of aryl methyl sites for hydroxylation is 1. The number of rotatable bonds is 6. The molecule has 2 aromatic rings. The second-order valence-corrected chi connectivity index (χ2v) is 7.34. The zero-order valence-electron chi connectivity index (χ0n) is 10.8. The first-order valence-corrected chi connectivity index (χ1v) is 8.40. The summed E-state index contributed by atoms with van der Waals surface area (Å²) in [5.74, 6) is -1.14. The molecule has 0 fully saturated rings. The maximum Gasteiger partial charge on any atom is 0.309 e. The lowest BCUT2D eigenvalue weighted by Gasteiger charge is -2.04. The van der Waals surface area contributed by atoms with Gasteiger partial charge < -0.3 is 5.11 Å². The summed E-state index contributed by atoms with van der Waals surface area (Å²) in [7, 11) is -3.41. The van der Waals surface area contributed by atoms with Crippen LogP contribution in [-0.2, 0) is 27.6 Å². The number of aliphatic carboxylic acids is 1. The number of hydrogen-bond donors (Lipinski definition) is 1. The van der Waals surface area contributed by atoms with E-state index in [2.05, 4.69) is 26.2 Å². The van der Waals surface area contributed by atoms with Gasteiger partial charge in [0.2, 0.25) is 0 Å². The van der Waals surface area contributed by atoms with Crippen molar-refractivity contribution in [3.8, 4) is 0 Å². The van der Waals surface area contributed by atoms with Crippen LogP contribution in [0.5, 0.6) is 0 Å². The van der Waals surface area contributed by atoms with E-state index in [-0.39, 0.29) is 23.6 Å². The molecule has 0 saturated carbocycles. The van der Waals surface area contributed by atoms with Crippen molar-refractivity contribution < 1.29 is 18.3 Å². The fourth-order valence-corrected chi connectivity index (χ4v) is 3.14. The van der Waals surface area contributed by atoms with Gasteiger partial charge in [-0.3, -0.25) is 9.48 Å². The Hall–Kier alpha value is -1.74. The molecule has 112 valence electrons. The van der Waals surface area contributed by atoms with E-state index in [9.17, 15) is 13.2 Å².